The fourth-order valence-electron chi connectivity index (χ4n) is 13.4. The first-order chi connectivity index (χ1) is 19.7. The fraction of sp³-hybridized carbons (Fsp3) is 0.789. The van der Waals surface area contributed by atoms with Crippen molar-refractivity contribution in [1.82, 2.24) is 4.98 Å². The summed E-state index contributed by atoms with van der Waals surface area (Å²) < 4.78 is 6.80. The number of pyridine rings is 1. The van der Waals surface area contributed by atoms with Crippen LogP contribution in [0, 0.1) is 62.6 Å². The number of hydrogen-bond acceptors (Lipinski definition) is 4. The van der Waals surface area contributed by atoms with Gasteiger partial charge in [0.1, 0.15) is 0 Å². The lowest BCUT2D eigenvalue weighted by atomic mass is 9.30. The van der Waals surface area contributed by atoms with Gasteiger partial charge in [0.2, 0.25) is 0 Å². The standard InChI is InChI=1S/C38H55NO3/c1-24-32-26-11-13-30-34(4)16-15-31(41)33(2,3)29(34)14-17-36(30,6)35(26,5)18-19-38(32)21-27(37(24,7)42-23-38)28(40)12-10-25-9-8-20-39-22-25/h8-10,12,20,22,24,26-27,29-32,41H,11,13-19,21,23H2,1-7H3/b12-10-/t24-,26+,27+,29-,30+,31-,32-,34-,35+,36+,37-,38-/m0/s1. The van der Waals surface area contributed by atoms with Crippen molar-refractivity contribution in [2.75, 3.05) is 6.61 Å². The number of fused-ring (bicyclic) bond motifs is 7. The van der Waals surface area contributed by atoms with Crippen molar-refractivity contribution < 1.29 is 14.6 Å². The lowest BCUT2D eigenvalue weighted by Gasteiger charge is -2.76. The number of ether oxygens (including phenoxy) is 1. The van der Waals surface area contributed by atoms with Gasteiger partial charge in [-0.05, 0) is 145 Å². The van der Waals surface area contributed by atoms with E-state index in [4.69, 9.17) is 4.74 Å². The molecule has 2 aliphatic heterocycles. The Morgan fingerprint density at radius 1 is 0.976 bits per heavy atom. The second-order valence-electron chi connectivity index (χ2n) is 17.5. The predicted octanol–water partition coefficient (Wildman–Crippen LogP) is 8.14. The minimum Gasteiger partial charge on any atom is -0.393 e. The van der Waals surface area contributed by atoms with Gasteiger partial charge in [-0.3, -0.25) is 9.78 Å². The number of ketones is 1. The quantitative estimate of drug-likeness (QED) is 0.371. The minimum atomic E-state index is -0.411. The summed E-state index contributed by atoms with van der Waals surface area (Å²) in [6.07, 6.45) is 17.9. The molecule has 12 atom stereocenters. The van der Waals surface area contributed by atoms with Gasteiger partial charge in [-0.2, -0.15) is 0 Å². The lowest BCUT2D eigenvalue weighted by molar-refractivity contribution is -0.319. The molecule has 5 aliphatic carbocycles. The number of rotatable bonds is 3. The van der Waals surface area contributed by atoms with Gasteiger partial charge in [-0.25, -0.2) is 0 Å². The number of aliphatic hydroxyl groups excluding tert-OH is 1. The zero-order valence-corrected chi connectivity index (χ0v) is 27.3. The van der Waals surface area contributed by atoms with Crippen molar-refractivity contribution in [2.24, 2.45) is 62.6 Å². The van der Waals surface area contributed by atoms with Crippen molar-refractivity contribution in [3.05, 3.63) is 36.2 Å². The first-order valence-electron chi connectivity index (χ1n) is 17.2. The topological polar surface area (TPSA) is 59.4 Å². The number of carbonyl (C=O) groups excluding carboxylic acids is 1. The van der Waals surface area contributed by atoms with Gasteiger partial charge in [0.05, 0.1) is 24.2 Å². The van der Waals surface area contributed by atoms with Crippen molar-refractivity contribution in [2.45, 2.75) is 118 Å². The molecule has 5 saturated carbocycles. The third-order valence-electron chi connectivity index (χ3n) is 16.1. The lowest BCUT2D eigenvalue weighted by Crippen LogP contribution is -2.73. The van der Waals surface area contributed by atoms with E-state index in [9.17, 15) is 9.90 Å². The van der Waals surface area contributed by atoms with Gasteiger partial charge in [0.15, 0.2) is 5.78 Å². The highest BCUT2D eigenvalue weighted by Crippen LogP contribution is 2.78. The minimum absolute atomic E-state index is 0.00130. The summed E-state index contributed by atoms with van der Waals surface area (Å²) in [5, 5.41) is 11.0. The summed E-state index contributed by atoms with van der Waals surface area (Å²) in [6.45, 7) is 18.2. The van der Waals surface area contributed by atoms with Crippen LogP contribution in [0.2, 0.25) is 0 Å². The summed E-state index contributed by atoms with van der Waals surface area (Å²) in [7, 11) is 0. The molecular weight excluding hydrogens is 518 g/mol. The number of allylic oxidation sites excluding steroid dienone is 1. The molecule has 3 heterocycles. The molecule has 42 heavy (non-hydrogen) atoms. The Morgan fingerprint density at radius 3 is 2.50 bits per heavy atom. The largest absolute Gasteiger partial charge is 0.393 e. The molecule has 2 saturated heterocycles. The monoisotopic (exact) mass is 573 g/mol. The molecule has 0 radical (unpaired) electrons. The maximum atomic E-state index is 13.8. The van der Waals surface area contributed by atoms with Crippen LogP contribution in [-0.4, -0.2) is 34.2 Å². The molecule has 7 aliphatic rings. The third kappa shape index (κ3) is 3.60. The van der Waals surface area contributed by atoms with Crippen LogP contribution < -0.4 is 0 Å². The van der Waals surface area contributed by atoms with Crippen molar-refractivity contribution in [3.63, 3.8) is 0 Å². The molecule has 1 spiro atoms. The highest BCUT2D eigenvalue weighted by molar-refractivity contribution is 5.96. The van der Waals surface area contributed by atoms with E-state index >= 15 is 0 Å². The van der Waals surface area contributed by atoms with Crippen LogP contribution in [0.15, 0.2) is 30.6 Å². The number of carbonyl (C=O) groups is 1. The molecular formula is C38H55NO3. The molecule has 0 amide bonds. The molecule has 230 valence electrons. The zero-order valence-electron chi connectivity index (χ0n) is 27.3. The van der Waals surface area contributed by atoms with E-state index in [-0.39, 0.29) is 28.6 Å². The Bertz CT molecular complexity index is 1270. The van der Waals surface area contributed by atoms with E-state index in [1.54, 1.807) is 12.3 Å². The molecule has 2 bridgehead atoms. The summed E-state index contributed by atoms with van der Waals surface area (Å²) >= 11 is 0. The summed E-state index contributed by atoms with van der Waals surface area (Å²) in [5.74, 6) is 3.14. The number of aromatic nitrogens is 1. The molecule has 7 fully saturated rings. The Labute approximate surface area is 254 Å². The summed E-state index contributed by atoms with van der Waals surface area (Å²) in [6, 6.07) is 3.92. The molecule has 8 rings (SSSR count). The van der Waals surface area contributed by atoms with E-state index in [0.29, 0.717) is 39.9 Å². The van der Waals surface area contributed by atoms with Crippen LogP contribution in [0.25, 0.3) is 6.08 Å². The van der Waals surface area contributed by atoms with Gasteiger partial charge >= 0.3 is 0 Å². The van der Waals surface area contributed by atoms with E-state index in [1.807, 2.05) is 24.4 Å². The Kier molecular flexibility index (Phi) is 6.43. The summed E-state index contributed by atoms with van der Waals surface area (Å²) in [5.41, 5.74) is 1.61. The van der Waals surface area contributed by atoms with Gasteiger partial charge in [-0.15, -0.1) is 0 Å². The maximum absolute atomic E-state index is 13.8. The Hall–Kier alpha value is -1.52. The normalized spacial score (nSPS) is 52.6. The van der Waals surface area contributed by atoms with Gasteiger partial charge in [0.25, 0.3) is 0 Å². The van der Waals surface area contributed by atoms with Crippen molar-refractivity contribution >= 4 is 11.9 Å². The molecule has 1 aromatic heterocycles. The van der Waals surface area contributed by atoms with Crippen LogP contribution in [0.1, 0.15) is 112 Å². The van der Waals surface area contributed by atoms with E-state index in [2.05, 4.69) is 53.5 Å². The Morgan fingerprint density at radius 2 is 1.76 bits per heavy atom. The van der Waals surface area contributed by atoms with E-state index in [1.165, 1.54) is 44.9 Å². The first-order valence-corrected chi connectivity index (χ1v) is 17.2. The number of hydrogen-bond donors (Lipinski definition) is 1. The fourth-order valence-corrected chi connectivity index (χ4v) is 13.4. The smallest absolute Gasteiger partial charge is 0.161 e. The average molecular weight is 574 g/mol. The molecule has 1 aromatic rings. The SMILES string of the molecule is C[C@H]1[C@H]2[C@H]3CC[C@@H]4[C@@]5(C)CC[C@H](O)C(C)(C)[C@@H]5CC[C@@]4(C)[C@]3(C)CC[C@]23CO[C@]1(C)[C@@H](C(=O)/C=C\c1cccnc1)C3. The average Bonchev–Trinajstić information content (AvgIpc) is 2.96. The highest BCUT2D eigenvalue weighted by atomic mass is 16.5. The molecule has 0 unspecified atom stereocenters. The second-order valence-corrected chi connectivity index (χ2v) is 17.5. The maximum Gasteiger partial charge on any atom is 0.161 e. The van der Waals surface area contributed by atoms with Crippen LogP contribution >= 0.6 is 0 Å². The zero-order chi connectivity index (χ0) is 29.9. The van der Waals surface area contributed by atoms with Crippen LogP contribution in [0.3, 0.4) is 0 Å². The molecule has 4 nitrogen and oxygen atoms in total. The van der Waals surface area contributed by atoms with Crippen molar-refractivity contribution in [3.8, 4) is 0 Å². The van der Waals surface area contributed by atoms with E-state index in [0.717, 1.165) is 30.9 Å². The van der Waals surface area contributed by atoms with Crippen LogP contribution in [-0.2, 0) is 9.53 Å². The van der Waals surface area contributed by atoms with Gasteiger partial charge < -0.3 is 9.84 Å². The number of aliphatic hydroxyl groups is 1. The van der Waals surface area contributed by atoms with Gasteiger partial charge in [0, 0.05) is 12.4 Å². The molecule has 0 aromatic carbocycles. The van der Waals surface area contributed by atoms with E-state index < -0.39 is 5.60 Å². The molecule has 4 heteroatoms. The highest BCUT2D eigenvalue weighted by Gasteiger charge is 2.73. The van der Waals surface area contributed by atoms with Crippen LogP contribution in [0.5, 0.6) is 0 Å². The van der Waals surface area contributed by atoms with Crippen molar-refractivity contribution in [1.29, 1.82) is 0 Å². The first kappa shape index (κ1) is 29.2. The van der Waals surface area contributed by atoms with Crippen LogP contribution in [0.4, 0.5) is 0 Å². The Balaban J connectivity index is 1.19. The van der Waals surface area contributed by atoms with Gasteiger partial charge in [-0.1, -0.05) is 47.6 Å². The third-order valence-corrected chi connectivity index (χ3v) is 16.1. The predicted molar refractivity (Wildman–Crippen MR) is 167 cm³/mol. The summed E-state index contributed by atoms with van der Waals surface area (Å²) in [4.78, 5) is 18.0. The molecule has 1 N–H and O–H groups in total. The number of nitrogens with zero attached hydrogens (tertiary/aromatic N) is 1. The second kappa shape index (κ2) is 9.25.